The van der Waals surface area contributed by atoms with Gasteiger partial charge in [0.1, 0.15) is 11.3 Å². The van der Waals surface area contributed by atoms with Gasteiger partial charge in [0.15, 0.2) is 0 Å². The number of hydrogen-bond acceptors (Lipinski definition) is 2. The Morgan fingerprint density at radius 2 is 1.75 bits per heavy atom. The Kier molecular flexibility index (Phi) is 6.81. The number of benzene rings is 1. The van der Waals surface area contributed by atoms with Crippen molar-refractivity contribution in [1.82, 2.24) is 0 Å². The minimum atomic E-state index is -0.346. The number of alkyl halides is 1. The Hall–Kier alpha value is -0.510. The molecule has 0 N–H and O–H groups in total. The van der Waals surface area contributed by atoms with Gasteiger partial charge in [-0.2, -0.15) is 0 Å². The minimum Gasteiger partial charge on any atom is -0.465 e. The summed E-state index contributed by atoms with van der Waals surface area (Å²) in [6, 6.07) is 5.41. The second-order valence-corrected chi connectivity index (χ2v) is 7.79. The van der Waals surface area contributed by atoms with E-state index in [4.69, 9.17) is 32.9 Å². The predicted molar refractivity (Wildman–Crippen MR) is 108 cm³/mol. The van der Waals surface area contributed by atoms with Gasteiger partial charge in [-0.15, -0.1) is 0 Å². The highest BCUT2D eigenvalue weighted by molar-refractivity contribution is 9.09. The van der Waals surface area contributed by atoms with Gasteiger partial charge in [0.05, 0.1) is 14.9 Å². The fourth-order valence-corrected chi connectivity index (χ4v) is 4.61. The maximum atomic E-state index is 6.48. The molecule has 0 radical (unpaired) electrons. The number of nitrogens with zero attached hydrogens (tertiary/aromatic N) is 1. The Morgan fingerprint density at radius 1 is 1.12 bits per heavy atom. The van der Waals surface area contributed by atoms with Crippen LogP contribution in [0.15, 0.2) is 34.3 Å². The molecule has 0 saturated carbocycles. The first-order valence-electron chi connectivity index (χ1n) is 8.53. The molecule has 2 nitrogen and oxygen atoms in total. The van der Waals surface area contributed by atoms with E-state index in [1.807, 2.05) is 6.07 Å². The highest BCUT2D eigenvalue weighted by Crippen LogP contribution is 2.46. The summed E-state index contributed by atoms with van der Waals surface area (Å²) >= 11 is 16.4. The molecule has 1 aromatic carbocycles. The maximum Gasteiger partial charge on any atom is 0.218 e. The van der Waals surface area contributed by atoms with Crippen molar-refractivity contribution in [2.24, 2.45) is 4.99 Å². The molecule has 24 heavy (non-hydrogen) atoms. The van der Waals surface area contributed by atoms with E-state index < -0.39 is 0 Å². The molecule has 0 bridgehead atoms. The molecule has 1 heterocycles. The van der Waals surface area contributed by atoms with Gasteiger partial charge in [-0.3, -0.25) is 0 Å². The van der Waals surface area contributed by atoms with Gasteiger partial charge in [0.25, 0.3) is 0 Å². The van der Waals surface area contributed by atoms with Gasteiger partial charge in [0.2, 0.25) is 5.90 Å². The fraction of sp³-hybridized carbons (Fsp3) is 0.526. The maximum absolute atomic E-state index is 6.48. The van der Waals surface area contributed by atoms with Gasteiger partial charge >= 0.3 is 0 Å². The SMILES string of the molecule is CCC1=C(CC)C(CC)(C(Br)CC)OC1=Nc1c(Cl)cccc1Cl. The summed E-state index contributed by atoms with van der Waals surface area (Å²) in [5.41, 5.74) is 2.74. The lowest BCUT2D eigenvalue weighted by atomic mass is 9.83. The van der Waals surface area contributed by atoms with Crippen LogP contribution in [-0.2, 0) is 4.74 Å². The lowest BCUT2D eigenvalue weighted by molar-refractivity contribution is 0.0981. The summed E-state index contributed by atoms with van der Waals surface area (Å²) in [7, 11) is 0. The second-order valence-electron chi connectivity index (χ2n) is 5.87. The third-order valence-electron chi connectivity index (χ3n) is 4.66. The van der Waals surface area contributed by atoms with Crippen molar-refractivity contribution in [1.29, 1.82) is 0 Å². The summed E-state index contributed by atoms with van der Waals surface area (Å²) in [5, 5.41) is 1.07. The van der Waals surface area contributed by atoms with Crippen molar-refractivity contribution in [3.63, 3.8) is 0 Å². The number of rotatable bonds is 6. The topological polar surface area (TPSA) is 21.6 Å². The van der Waals surface area contributed by atoms with E-state index >= 15 is 0 Å². The van der Waals surface area contributed by atoms with Crippen molar-refractivity contribution in [3.8, 4) is 0 Å². The highest BCUT2D eigenvalue weighted by atomic mass is 79.9. The molecule has 2 unspecified atom stereocenters. The largest absolute Gasteiger partial charge is 0.465 e. The summed E-state index contributed by atoms with van der Waals surface area (Å²) in [5.74, 6) is 0.657. The smallest absolute Gasteiger partial charge is 0.218 e. The van der Waals surface area contributed by atoms with Crippen LogP contribution in [0, 0.1) is 0 Å². The number of para-hydroxylation sites is 1. The molecule has 132 valence electrons. The van der Waals surface area contributed by atoms with Crippen LogP contribution >= 0.6 is 39.1 Å². The predicted octanol–water partition coefficient (Wildman–Crippen LogP) is 7.49. The normalized spacial score (nSPS) is 23.7. The van der Waals surface area contributed by atoms with E-state index in [1.165, 1.54) is 11.1 Å². The molecule has 1 aliphatic heterocycles. The number of aliphatic imine (C=N–C) groups is 1. The zero-order valence-electron chi connectivity index (χ0n) is 14.6. The third kappa shape index (κ3) is 3.40. The second kappa shape index (κ2) is 8.25. The molecule has 0 aromatic heterocycles. The summed E-state index contributed by atoms with van der Waals surface area (Å²) in [6.45, 7) is 8.65. The highest BCUT2D eigenvalue weighted by Gasteiger charge is 2.47. The molecule has 0 amide bonds. The van der Waals surface area contributed by atoms with E-state index in [0.717, 1.165) is 25.7 Å². The summed E-state index contributed by atoms with van der Waals surface area (Å²) in [4.78, 5) is 4.96. The van der Waals surface area contributed by atoms with Crippen molar-refractivity contribution in [3.05, 3.63) is 39.4 Å². The van der Waals surface area contributed by atoms with E-state index in [1.54, 1.807) is 12.1 Å². The average molecular weight is 433 g/mol. The van der Waals surface area contributed by atoms with Gasteiger partial charge in [-0.1, -0.05) is 72.9 Å². The number of ether oxygens (including phenoxy) is 1. The van der Waals surface area contributed by atoms with Crippen LogP contribution in [0.5, 0.6) is 0 Å². The lowest BCUT2D eigenvalue weighted by Gasteiger charge is -2.34. The molecular weight excluding hydrogens is 409 g/mol. The molecule has 1 aromatic rings. The molecule has 0 spiro atoms. The monoisotopic (exact) mass is 431 g/mol. The first-order chi connectivity index (χ1) is 11.4. The fourth-order valence-electron chi connectivity index (χ4n) is 3.43. The van der Waals surface area contributed by atoms with Crippen molar-refractivity contribution < 1.29 is 4.74 Å². The van der Waals surface area contributed by atoms with Crippen LogP contribution in [0.2, 0.25) is 10.0 Å². The van der Waals surface area contributed by atoms with Gasteiger partial charge in [-0.25, -0.2) is 4.99 Å². The summed E-state index contributed by atoms with van der Waals surface area (Å²) < 4.78 is 6.48. The zero-order valence-corrected chi connectivity index (χ0v) is 17.7. The number of hydrogen-bond donors (Lipinski definition) is 0. The standard InChI is InChI=1S/C19H24BrCl2NO/c1-5-12-13(6-2)19(8-4,16(20)7-3)24-18(12)23-17-14(21)10-9-11-15(17)22/h9-11,16H,5-8H2,1-4H3. The molecule has 0 saturated heterocycles. The lowest BCUT2D eigenvalue weighted by Crippen LogP contribution is -2.40. The molecule has 0 fully saturated rings. The van der Waals surface area contributed by atoms with Gasteiger partial charge < -0.3 is 4.74 Å². The van der Waals surface area contributed by atoms with Crippen LogP contribution in [0.25, 0.3) is 0 Å². The Balaban J connectivity index is 2.61. The molecule has 2 rings (SSSR count). The Labute approximate surface area is 163 Å². The minimum absolute atomic E-state index is 0.237. The molecule has 1 aliphatic rings. The zero-order chi connectivity index (χ0) is 17.9. The third-order valence-corrected chi connectivity index (χ3v) is 6.66. The van der Waals surface area contributed by atoms with Crippen molar-refractivity contribution in [2.75, 3.05) is 0 Å². The first kappa shape index (κ1) is 19.8. The summed E-state index contributed by atoms with van der Waals surface area (Å²) in [6.07, 6.45) is 3.68. The van der Waals surface area contributed by atoms with Gasteiger partial charge in [-0.05, 0) is 43.4 Å². The molecule has 0 aliphatic carbocycles. The van der Waals surface area contributed by atoms with Crippen LogP contribution in [0.1, 0.15) is 53.4 Å². The average Bonchev–Trinajstić information content (AvgIpc) is 2.91. The van der Waals surface area contributed by atoms with Crippen molar-refractivity contribution in [2.45, 2.75) is 63.8 Å². The Bertz CT molecular complexity index is 651. The van der Waals surface area contributed by atoms with Crippen LogP contribution in [-0.4, -0.2) is 16.3 Å². The number of halogens is 3. The quantitative estimate of drug-likeness (QED) is 0.426. The van der Waals surface area contributed by atoms with E-state index in [2.05, 4.69) is 43.6 Å². The van der Waals surface area contributed by atoms with Crippen molar-refractivity contribution >= 4 is 50.7 Å². The van der Waals surface area contributed by atoms with E-state index in [-0.39, 0.29) is 10.4 Å². The van der Waals surface area contributed by atoms with Crippen LogP contribution < -0.4 is 0 Å². The molecule has 5 heteroatoms. The first-order valence-corrected chi connectivity index (χ1v) is 10.2. The van der Waals surface area contributed by atoms with E-state index in [9.17, 15) is 0 Å². The molecular formula is C19H24BrCl2NO. The Morgan fingerprint density at radius 3 is 2.21 bits per heavy atom. The van der Waals surface area contributed by atoms with Crippen LogP contribution in [0.4, 0.5) is 5.69 Å². The van der Waals surface area contributed by atoms with E-state index in [0.29, 0.717) is 21.6 Å². The molecule has 2 atom stereocenters. The van der Waals surface area contributed by atoms with Gasteiger partial charge in [0, 0.05) is 5.57 Å². The van der Waals surface area contributed by atoms with Crippen LogP contribution in [0.3, 0.4) is 0 Å².